The van der Waals surface area contributed by atoms with E-state index in [1.165, 1.54) is 6.92 Å². The molecule has 8 heteroatoms. The first-order valence-electron chi connectivity index (χ1n) is 11.3. The van der Waals surface area contributed by atoms with Crippen molar-refractivity contribution in [3.63, 3.8) is 0 Å². The Hall–Kier alpha value is -3.55. The molecule has 33 heavy (non-hydrogen) atoms. The summed E-state index contributed by atoms with van der Waals surface area (Å²) >= 11 is 0. The van der Waals surface area contributed by atoms with E-state index >= 15 is 0 Å². The minimum Gasteiger partial charge on any atom is -0.363 e. The van der Waals surface area contributed by atoms with Gasteiger partial charge >= 0.3 is 0 Å². The minimum absolute atomic E-state index is 0.0282. The molecule has 0 unspecified atom stereocenters. The summed E-state index contributed by atoms with van der Waals surface area (Å²) in [7, 11) is 5.61. The number of hydrogen-bond acceptors (Lipinski definition) is 6. The van der Waals surface area contributed by atoms with Crippen molar-refractivity contribution in [1.82, 2.24) is 24.8 Å². The fourth-order valence-corrected chi connectivity index (χ4v) is 4.19. The van der Waals surface area contributed by atoms with Crippen molar-refractivity contribution in [1.29, 1.82) is 0 Å². The summed E-state index contributed by atoms with van der Waals surface area (Å²) in [6, 6.07) is 11.2. The molecule has 2 amide bonds. The molecule has 1 aliphatic rings. The summed E-state index contributed by atoms with van der Waals surface area (Å²) in [6.07, 6.45) is 4.45. The number of nitrogens with zero attached hydrogens (tertiary/aromatic N) is 6. The molecule has 0 bridgehead atoms. The van der Waals surface area contributed by atoms with Crippen LogP contribution in [0.4, 0.5) is 5.82 Å². The molecule has 1 atom stereocenters. The van der Waals surface area contributed by atoms with Crippen LogP contribution in [0.5, 0.6) is 0 Å². The average molecular weight is 447 g/mol. The molecule has 0 saturated carbocycles. The van der Waals surface area contributed by atoms with E-state index in [0.29, 0.717) is 30.0 Å². The molecule has 3 heterocycles. The molecule has 1 saturated heterocycles. The molecule has 0 N–H and O–H groups in total. The molecule has 4 rings (SSSR count). The summed E-state index contributed by atoms with van der Waals surface area (Å²) in [5.74, 6) is 1.30. The zero-order valence-corrected chi connectivity index (χ0v) is 19.7. The molecule has 172 valence electrons. The van der Waals surface area contributed by atoms with E-state index < -0.39 is 0 Å². The van der Waals surface area contributed by atoms with Crippen LogP contribution in [0, 0.1) is 0 Å². The summed E-state index contributed by atoms with van der Waals surface area (Å²) in [5, 5.41) is 0.942. The topological polar surface area (TPSA) is 82.5 Å². The third-order valence-corrected chi connectivity index (χ3v) is 6.10. The van der Waals surface area contributed by atoms with Gasteiger partial charge in [-0.1, -0.05) is 18.2 Å². The Balaban J connectivity index is 1.73. The number of piperidine rings is 1. The minimum atomic E-state index is -0.230. The number of carbonyl (C=O) groups is 2. The number of amides is 2. The van der Waals surface area contributed by atoms with Gasteiger partial charge in [-0.25, -0.2) is 9.97 Å². The average Bonchev–Trinajstić information content (AvgIpc) is 2.83. The van der Waals surface area contributed by atoms with Gasteiger partial charge in [0.1, 0.15) is 5.82 Å². The quantitative estimate of drug-likeness (QED) is 0.597. The maximum absolute atomic E-state index is 13.7. The summed E-state index contributed by atoms with van der Waals surface area (Å²) in [6.45, 7) is 2.57. The van der Waals surface area contributed by atoms with Gasteiger partial charge < -0.3 is 14.7 Å². The van der Waals surface area contributed by atoms with Crippen molar-refractivity contribution in [2.24, 2.45) is 0 Å². The van der Waals surface area contributed by atoms with Crippen molar-refractivity contribution in [2.75, 3.05) is 32.6 Å². The number of carbonyl (C=O) groups excluding carboxylic acids is 2. The fourth-order valence-electron chi connectivity index (χ4n) is 4.19. The first-order valence-corrected chi connectivity index (χ1v) is 11.3. The normalized spacial score (nSPS) is 16.0. The van der Waals surface area contributed by atoms with Crippen LogP contribution in [-0.4, -0.2) is 64.3 Å². The predicted molar refractivity (Wildman–Crippen MR) is 128 cm³/mol. The first-order chi connectivity index (χ1) is 15.8. The number of para-hydroxylation sites is 1. The number of rotatable bonds is 5. The second-order valence-corrected chi connectivity index (χ2v) is 8.74. The van der Waals surface area contributed by atoms with Crippen LogP contribution in [0.2, 0.25) is 0 Å². The lowest BCUT2D eigenvalue weighted by atomic mass is 9.99. The molecule has 8 nitrogen and oxygen atoms in total. The van der Waals surface area contributed by atoms with Gasteiger partial charge in [-0.15, -0.1) is 0 Å². The molecule has 1 fully saturated rings. The molecular weight excluding hydrogens is 416 g/mol. The van der Waals surface area contributed by atoms with Gasteiger partial charge in [0, 0.05) is 52.3 Å². The highest BCUT2D eigenvalue weighted by atomic mass is 16.2. The highest BCUT2D eigenvalue weighted by molar-refractivity contribution is 6.05. The van der Waals surface area contributed by atoms with E-state index in [4.69, 9.17) is 9.97 Å². The summed E-state index contributed by atoms with van der Waals surface area (Å²) in [4.78, 5) is 45.0. The van der Waals surface area contributed by atoms with Crippen LogP contribution in [0.1, 0.15) is 54.1 Å². The summed E-state index contributed by atoms with van der Waals surface area (Å²) in [5.41, 5.74) is 2.06. The lowest BCUT2D eigenvalue weighted by molar-refractivity contribution is -0.128. The molecular formula is C25H30N6O2. The lowest BCUT2D eigenvalue weighted by Crippen LogP contribution is -2.39. The van der Waals surface area contributed by atoms with Crippen LogP contribution < -0.4 is 4.90 Å². The van der Waals surface area contributed by atoms with E-state index in [1.807, 2.05) is 60.3 Å². The maximum Gasteiger partial charge on any atom is 0.256 e. The number of aromatic nitrogens is 3. The SMILES string of the molecule is CC(=O)N(C)Cc1cc(N(C)C)nc([C@@H]2CCCCN2C(=O)c2cccc3cccnc23)n1. The number of anilines is 1. The lowest BCUT2D eigenvalue weighted by Gasteiger charge is -2.35. The van der Waals surface area contributed by atoms with E-state index in [0.717, 1.165) is 36.2 Å². The monoisotopic (exact) mass is 446 g/mol. The zero-order chi connectivity index (χ0) is 23.5. The molecule has 0 radical (unpaired) electrons. The summed E-state index contributed by atoms with van der Waals surface area (Å²) < 4.78 is 0. The number of pyridine rings is 1. The number of likely N-dealkylation sites (tertiary alicyclic amines) is 1. The second kappa shape index (κ2) is 9.52. The predicted octanol–water partition coefficient (Wildman–Crippen LogP) is 3.44. The van der Waals surface area contributed by atoms with E-state index in [9.17, 15) is 9.59 Å². The Bertz CT molecular complexity index is 1170. The second-order valence-electron chi connectivity index (χ2n) is 8.74. The van der Waals surface area contributed by atoms with Crippen LogP contribution in [-0.2, 0) is 11.3 Å². The van der Waals surface area contributed by atoms with Crippen molar-refractivity contribution in [3.05, 3.63) is 59.7 Å². The number of hydrogen-bond donors (Lipinski definition) is 0. The third-order valence-electron chi connectivity index (χ3n) is 6.10. The van der Waals surface area contributed by atoms with Gasteiger partial charge in [0.05, 0.1) is 29.4 Å². The van der Waals surface area contributed by atoms with Gasteiger partial charge in [-0.2, -0.15) is 0 Å². The highest BCUT2D eigenvalue weighted by Crippen LogP contribution is 2.32. The Morgan fingerprint density at radius 2 is 1.88 bits per heavy atom. The number of fused-ring (bicyclic) bond motifs is 1. The van der Waals surface area contributed by atoms with Crippen LogP contribution in [0.25, 0.3) is 10.9 Å². The Morgan fingerprint density at radius 1 is 1.09 bits per heavy atom. The Morgan fingerprint density at radius 3 is 2.64 bits per heavy atom. The van der Waals surface area contributed by atoms with Gasteiger partial charge in [0.15, 0.2) is 5.82 Å². The third kappa shape index (κ3) is 4.79. The molecule has 1 aliphatic heterocycles. The smallest absolute Gasteiger partial charge is 0.256 e. The van der Waals surface area contributed by atoms with Crippen LogP contribution in [0.3, 0.4) is 0 Å². The highest BCUT2D eigenvalue weighted by Gasteiger charge is 2.32. The van der Waals surface area contributed by atoms with Crippen molar-refractivity contribution in [3.8, 4) is 0 Å². The van der Waals surface area contributed by atoms with Crippen molar-refractivity contribution < 1.29 is 9.59 Å². The van der Waals surface area contributed by atoms with Gasteiger partial charge in [0.2, 0.25) is 5.91 Å². The van der Waals surface area contributed by atoms with Crippen LogP contribution in [0.15, 0.2) is 42.6 Å². The van der Waals surface area contributed by atoms with E-state index in [-0.39, 0.29) is 17.9 Å². The van der Waals surface area contributed by atoms with Gasteiger partial charge in [0.25, 0.3) is 5.91 Å². The molecule has 0 spiro atoms. The fraction of sp³-hybridized carbons (Fsp3) is 0.400. The van der Waals surface area contributed by atoms with E-state index in [1.54, 1.807) is 18.1 Å². The molecule has 0 aliphatic carbocycles. The standard InChI is InChI=1S/C25H30N6O2/c1-17(32)30(4)16-19-15-22(29(2)3)28-24(27-19)21-12-5-6-14-31(21)25(33)20-11-7-9-18-10-8-13-26-23(18)20/h7-11,13,15,21H,5-6,12,14,16H2,1-4H3/t21-/m0/s1. The van der Waals surface area contributed by atoms with Crippen molar-refractivity contribution >= 4 is 28.5 Å². The van der Waals surface area contributed by atoms with Crippen LogP contribution >= 0.6 is 0 Å². The van der Waals surface area contributed by atoms with Gasteiger partial charge in [-0.3, -0.25) is 14.6 Å². The zero-order valence-electron chi connectivity index (χ0n) is 19.7. The Labute approximate surface area is 194 Å². The number of benzene rings is 1. The molecule has 1 aromatic carbocycles. The van der Waals surface area contributed by atoms with E-state index in [2.05, 4.69) is 4.98 Å². The molecule has 2 aromatic heterocycles. The van der Waals surface area contributed by atoms with Crippen molar-refractivity contribution in [2.45, 2.75) is 38.8 Å². The largest absolute Gasteiger partial charge is 0.363 e. The maximum atomic E-state index is 13.7. The first kappa shape index (κ1) is 22.6. The Kier molecular flexibility index (Phi) is 6.53. The molecule has 3 aromatic rings. The van der Waals surface area contributed by atoms with Gasteiger partial charge in [-0.05, 0) is 31.4 Å².